The maximum Gasteiger partial charge on any atom is 0.160 e. The number of benzene rings is 1. The molecule has 0 saturated heterocycles. The highest BCUT2D eigenvalue weighted by atomic mass is 19.2. The van der Waals surface area contributed by atoms with Crippen LogP contribution < -0.4 is 0 Å². The molecule has 0 aliphatic carbocycles. The van der Waals surface area contributed by atoms with Crippen molar-refractivity contribution >= 4 is 0 Å². The zero-order valence-electron chi connectivity index (χ0n) is 9.69. The maximum absolute atomic E-state index is 13.1. The number of nitrogens with zero attached hydrogens (tertiary/aromatic N) is 3. The van der Waals surface area contributed by atoms with E-state index in [2.05, 4.69) is 17.2 Å². The molecule has 0 fully saturated rings. The van der Waals surface area contributed by atoms with Gasteiger partial charge in [-0.1, -0.05) is 19.1 Å². The average Bonchev–Trinajstić information content (AvgIpc) is 2.81. The molecule has 0 aliphatic heterocycles. The van der Waals surface area contributed by atoms with Crippen molar-refractivity contribution in [3.05, 3.63) is 41.7 Å². The van der Waals surface area contributed by atoms with Crippen LogP contribution in [-0.4, -0.2) is 15.0 Å². The van der Waals surface area contributed by atoms with Gasteiger partial charge in [0.2, 0.25) is 0 Å². The van der Waals surface area contributed by atoms with Gasteiger partial charge in [-0.05, 0) is 18.6 Å². The van der Waals surface area contributed by atoms with Crippen LogP contribution in [-0.2, 0) is 0 Å². The van der Waals surface area contributed by atoms with Crippen LogP contribution in [0.2, 0.25) is 0 Å². The summed E-state index contributed by atoms with van der Waals surface area (Å²) in [7, 11) is 0. The summed E-state index contributed by atoms with van der Waals surface area (Å²) in [4.78, 5) is 0. The lowest BCUT2D eigenvalue weighted by atomic mass is 10.1. The molecular formula is C12H13F2N3. The second-order valence-electron chi connectivity index (χ2n) is 4.00. The van der Waals surface area contributed by atoms with Gasteiger partial charge in [0.15, 0.2) is 11.6 Å². The fourth-order valence-corrected chi connectivity index (χ4v) is 1.47. The van der Waals surface area contributed by atoms with E-state index in [1.807, 2.05) is 6.92 Å². The molecule has 1 aromatic heterocycles. The Labute approximate surface area is 98.1 Å². The monoisotopic (exact) mass is 237 g/mol. The number of aromatic nitrogens is 3. The third-order valence-electron chi connectivity index (χ3n) is 2.80. The highest BCUT2D eigenvalue weighted by Crippen LogP contribution is 2.17. The predicted octanol–water partition coefficient (Wildman–Crippen LogP) is 3.06. The van der Waals surface area contributed by atoms with Gasteiger partial charge >= 0.3 is 0 Å². The zero-order valence-corrected chi connectivity index (χ0v) is 9.69. The molecule has 0 saturated carbocycles. The van der Waals surface area contributed by atoms with Gasteiger partial charge in [0, 0.05) is 12.0 Å². The summed E-state index contributed by atoms with van der Waals surface area (Å²) in [6.45, 7) is 4.10. The van der Waals surface area contributed by atoms with Crippen molar-refractivity contribution in [2.75, 3.05) is 0 Å². The molecule has 2 aromatic rings. The standard InChI is InChI=1S/C12H13F2N3/c1-3-8(2)12-7-17(16-15-12)9-4-5-10(13)11(14)6-9/h4-8H,3H2,1-2H3/t8-/m1/s1. The first-order valence-corrected chi connectivity index (χ1v) is 5.49. The molecule has 0 unspecified atom stereocenters. The van der Waals surface area contributed by atoms with Crippen LogP contribution in [0.5, 0.6) is 0 Å². The number of rotatable bonds is 3. The van der Waals surface area contributed by atoms with Crippen LogP contribution in [0.15, 0.2) is 24.4 Å². The second-order valence-corrected chi connectivity index (χ2v) is 4.00. The molecule has 0 amide bonds. The highest BCUT2D eigenvalue weighted by Gasteiger charge is 2.10. The smallest absolute Gasteiger partial charge is 0.160 e. The molecule has 0 N–H and O–H groups in total. The summed E-state index contributed by atoms with van der Waals surface area (Å²) >= 11 is 0. The molecule has 1 atom stereocenters. The van der Waals surface area contributed by atoms with E-state index in [4.69, 9.17) is 0 Å². The van der Waals surface area contributed by atoms with Gasteiger partial charge in [-0.2, -0.15) is 0 Å². The van der Waals surface area contributed by atoms with E-state index in [1.165, 1.54) is 10.7 Å². The molecule has 0 aliphatic rings. The van der Waals surface area contributed by atoms with Gasteiger partial charge in [0.1, 0.15) is 0 Å². The molecule has 3 nitrogen and oxygen atoms in total. The molecule has 90 valence electrons. The third-order valence-corrected chi connectivity index (χ3v) is 2.80. The fraction of sp³-hybridized carbons (Fsp3) is 0.333. The van der Waals surface area contributed by atoms with Crippen LogP contribution >= 0.6 is 0 Å². The molecule has 5 heteroatoms. The first-order chi connectivity index (χ1) is 8.11. The normalized spacial score (nSPS) is 12.7. The first-order valence-electron chi connectivity index (χ1n) is 5.49. The maximum atomic E-state index is 13.1. The molecule has 2 rings (SSSR count). The Morgan fingerprint density at radius 2 is 2.06 bits per heavy atom. The SMILES string of the molecule is CC[C@@H](C)c1cn(-c2ccc(F)c(F)c2)nn1. The van der Waals surface area contributed by atoms with Crippen LogP contribution in [0.3, 0.4) is 0 Å². The van der Waals surface area contributed by atoms with Gasteiger partial charge in [0.05, 0.1) is 17.6 Å². The zero-order chi connectivity index (χ0) is 12.4. The van der Waals surface area contributed by atoms with Crippen LogP contribution in [0.1, 0.15) is 31.9 Å². The Hall–Kier alpha value is -1.78. The van der Waals surface area contributed by atoms with Crippen molar-refractivity contribution < 1.29 is 8.78 Å². The van der Waals surface area contributed by atoms with Crippen LogP contribution in [0.25, 0.3) is 5.69 Å². The van der Waals surface area contributed by atoms with E-state index in [9.17, 15) is 8.78 Å². The van der Waals surface area contributed by atoms with Crippen molar-refractivity contribution in [2.24, 2.45) is 0 Å². The van der Waals surface area contributed by atoms with E-state index in [0.29, 0.717) is 11.6 Å². The molecule has 0 radical (unpaired) electrons. The lowest BCUT2D eigenvalue weighted by molar-refractivity contribution is 0.507. The predicted molar refractivity (Wildman–Crippen MR) is 60.0 cm³/mol. The lowest BCUT2D eigenvalue weighted by Crippen LogP contribution is -1.96. The Morgan fingerprint density at radius 1 is 1.29 bits per heavy atom. The van der Waals surface area contributed by atoms with E-state index in [-0.39, 0.29) is 0 Å². The Balaban J connectivity index is 2.33. The molecule has 1 heterocycles. The van der Waals surface area contributed by atoms with Gasteiger partial charge in [-0.3, -0.25) is 0 Å². The van der Waals surface area contributed by atoms with Gasteiger partial charge in [0.25, 0.3) is 0 Å². The van der Waals surface area contributed by atoms with Crippen molar-refractivity contribution in [1.29, 1.82) is 0 Å². The Bertz CT molecular complexity index is 522. The molecule has 0 spiro atoms. The summed E-state index contributed by atoms with van der Waals surface area (Å²) in [6.07, 6.45) is 2.69. The molecule has 1 aromatic carbocycles. The summed E-state index contributed by atoms with van der Waals surface area (Å²) < 4.78 is 27.3. The van der Waals surface area contributed by atoms with Crippen molar-refractivity contribution in [1.82, 2.24) is 15.0 Å². The summed E-state index contributed by atoms with van der Waals surface area (Å²) in [5.41, 5.74) is 1.31. The Kier molecular flexibility index (Phi) is 3.17. The van der Waals surface area contributed by atoms with Crippen LogP contribution in [0, 0.1) is 11.6 Å². The Morgan fingerprint density at radius 3 is 2.71 bits per heavy atom. The van der Waals surface area contributed by atoms with Crippen LogP contribution in [0.4, 0.5) is 8.78 Å². The van der Waals surface area contributed by atoms with E-state index in [1.54, 1.807) is 6.20 Å². The molecular weight excluding hydrogens is 224 g/mol. The van der Waals surface area contributed by atoms with E-state index in [0.717, 1.165) is 24.2 Å². The fourth-order valence-electron chi connectivity index (χ4n) is 1.47. The number of hydrogen-bond acceptors (Lipinski definition) is 2. The van der Waals surface area contributed by atoms with Gasteiger partial charge in [-0.15, -0.1) is 5.10 Å². The summed E-state index contributed by atoms with van der Waals surface area (Å²) in [6, 6.07) is 3.65. The minimum atomic E-state index is -0.886. The topological polar surface area (TPSA) is 30.7 Å². The highest BCUT2D eigenvalue weighted by molar-refractivity contribution is 5.31. The first kappa shape index (κ1) is 11.7. The molecule has 17 heavy (non-hydrogen) atoms. The summed E-state index contributed by atoms with van der Waals surface area (Å²) in [5.74, 6) is -1.45. The number of halogens is 2. The van der Waals surface area contributed by atoms with Crippen molar-refractivity contribution in [3.63, 3.8) is 0 Å². The third kappa shape index (κ3) is 2.33. The largest absolute Gasteiger partial charge is 0.220 e. The number of hydrogen-bond donors (Lipinski definition) is 0. The van der Waals surface area contributed by atoms with Gasteiger partial charge < -0.3 is 0 Å². The second kappa shape index (κ2) is 4.61. The minimum absolute atomic E-state index is 0.300. The van der Waals surface area contributed by atoms with Crippen molar-refractivity contribution in [3.8, 4) is 5.69 Å². The molecule has 0 bridgehead atoms. The van der Waals surface area contributed by atoms with E-state index >= 15 is 0 Å². The summed E-state index contributed by atoms with van der Waals surface area (Å²) in [5, 5.41) is 7.92. The average molecular weight is 237 g/mol. The van der Waals surface area contributed by atoms with Crippen molar-refractivity contribution in [2.45, 2.75) is 26.2 Å². The quantitative estimate of drug-likeness (QED) is 0.821. The minimum Gasteiger partial charge on any atom is -0.220 e. The lowest BCUT2D eigenvalue weighted by Gasteiger charge is -2.02. The van der Waals surface area contributed by atoms with Gasteiger partial charge in [-0.25, -0.2) is 13.5 Å². The van der Waals surface area contributed by atoms with E-state index < -0.39 is 11.6 Å².